The van der Waals surface area contributed by atoms with Gasteiger partial charge in [0.25, 0.3) is 0 Å². The van der Waals surface area contributed by atoms with E-state index in [0.717, 1.165) is 45.2 Å². The van der Waals surface area contributed by atoms with Gasteiger partial charge in [0.1, 0.15) is 6.61 Å². The van der Waals surface area contributed by atoms with Gasteiger partial charge in [-0.15, -0.1) is 0 Å². The second kappa shape index (κ2) is 8.40. The summed E-state index contributed by atoms with van der Waals surface area (Å²) in [5.41, 5.74) is 4.94. The molecule has 1 saturated heterocycles. The van der Waals surface area contributed by atoms with E-state index in [9.17, 15) is 9.90 Å². The maximum absolute atomic E-state index is 12.5. The molecular formula is C25H30N2O3. The van der Waals surface area contributed by atoms with Crippen LogP contribution in [0.4, 0.5) is 4.79 Å². The Morgan fingerprint density at radius 3 is 2.20 bits per heavy atom. The normalized spacial score (nSPS) is 24.4. The monoisotopic (exact) mass is 406 g/mol. The molecule has 158 valence electrons. The van der Waals surface area contributed by atoms with Crippen LogP contribution in [-0.4, -0.2) is 54.0 Å². The molecule has 2 N–H and O–H groups in total. The smallest absolute Gasteiger partial charge is 0.407 e. The van der Waals surface area contributed by atoms with Crippen LogP contribution < -0.4 is 5.32 Å². The van der Waals surface area contributed by atoms with Gasteiger partial charge < -0.3 is 15.2 Å². The van der Waals surface area contributed by atoms with Crippen molar-refractivity contribution in [3.63, 3.8) is 0 Å². The van der Waals surface area contributed by atoms with Crippen LogP contribution in [0.2, 0.25) is 0 Å². The minimum absolute atomic E-state index is 0.0915. The summed E-state index contributed by atoms with van der Waals surface area (Å²) < 4.78 is 5.68. The molecule has 0 bridgehead atoms. The van der Waals surface area contributed by atoms with E-state index in [2.05, 4.69) is 46.6 Å². The SMILES string of the molecule is O=C(NC1CCN(C2CCCC2O)CC1)OCC1c2ccccc2-c2ccccc21. The van der Waals surface area contributed by atoms with E-state index >= 15 is 0 Å². The highest BCUT2D eigenvalue weighted by Gasteiger charge is 2.34. The summed E-state index contributed by atoms with van der Waals surface area (Å²) in [6, 6.07) is 17.2. The Morgan fingerprint density at radius 2 is 1.60 bits per heavy atom. The van der Waals surface area contributed by atoms with Crippen molar-refractivity contribution in [3.8, 4) is 11.1 Å². The molecule has 1 heterocycles. The molecule has 5 heteroatoms. The van der Waals surface area contributed by atoms with Crippen molar-refractivity contribution in [1.29, 1.82) is 0 Å². The van der Waals surface area contributed by atoms with E-state index in [1.807, 2.05) is 12.1 Å². The lowest BCUT2D eigenvalue weighted by molar-refractivity contribution is 0.0516. The molecule has 3 aliphatic rings. The second-order valence-corrected chi connectivity index (χ2v) is 8.85. The fraction of sp³-hybridized carbons (Fsp3) is 0.480. The first-order chi connectivity index (χ1) is 14.7. The number of aliphatic hydroxyl groups excluding tert-OH is 1. The van der Waals surface area contributed by atoms with Crippen LogP contribution in [0.25, 0.3) is 11.1 Å². The third kappa shape index (κ3) is 3.72. The Balaban J connectivity index is 1.15. The third-order valence-corrected chi connectivity index (χ3v) is 7.11. The van der Waals surface area contributed by atoms with Crippen molar-refractivity contribution in [2.24, 2.45) is 0 Å². The summed E-state index contributed by atoms with van der Waals surface area (Å²) in [6.45, 7) is 2.21. The lowest BCUT2D eigenvalue weighted by Gasteiger charge is -2.37. The Morgan fingerprint density at radius 1 is 0.967 bits per heavy atom. The van der Waals surface area contributed by atoms with E-state index in [0.29, 0.717) is 12.6 Å². The molecule has 0 radical (unpaired) electrons. The average Bonchev–Trinajstić information content (AvgIpc) is 3.34. The Kier molecular flexibility index (Phi) is 5.48. The van der Waals surface area contributed by atoms with Gasteiger partial charge in [0, 0.05) is 31.1 Å². The van der Waals surface area contributed by atoms with Gasteiger partial charge >= 0.3 is 6.09 Å². The van der Waals surface area contributed by atoms with Crippen LogP contribution in [0.3, 0.4) is 0 Å². The molecule has 2 unspecified atom stereocenters. The zero-order valence-corrected chi connectivity index (χ0v) is 17.3. The molecule has 0 spiro atoms. The maximum atomic E-state index is 12.5. The van der Waals surface area contributed by atoms with Gasteiger partial charge in [0.2, 0.25) is 0 Å². The van der Waals surface area contributed by atoms with Gasteiger partial charge in [-0.2, -0.15) is 0 Å². The van der Waals surface area contributed by atoms with Crippen molar-refractivity contribution >= 4 is 6.09 Å². The number of benzene rings is 2. The molecule has 2 aromatic rings. The van der Waals surface area contributed by atoms with Crippen molar-refractivity contribution in [2.75, 3.05) is 19.7 Å². The standard InChI is InChI=1S/C25H30N2O3/c28-24-11-5-10-23(24)27-14-12-17(13-15-27)26-25(29)30-16-22-20-8-3-1-6-18(20)19-7-2-4-9-21(19)22/h1-4,6-9,17,22-24,28H,5,10-16H2,(H,26,29). The third-order valence-electron chi connectivity index (χ3n) is 7.11. The number of hydrogen-bond acceptors (Lipinski definition) is 4. The highest BCUT2D eigenvalue weighted by Crippen LogP contribution is 2.44. The summed E-state index contributed by atoms with van der Waals surface area (Å²) in [4.78, 5) is 14.9. The summed E-state index contributed by atoms with van der Waals surface area (Å²) in [5.74, 6) is 0.0915. The van der Waals surface area contributed by atoms with Crippen molar-refractivity contribution in [2.45, 2.75) is 56.2 Å². The summed E-state index contributed by atoms with van der Waals surface area (Å²) >= 11 is 0. The number of piperidine rings is 1. The molecule has 1 amide bonds. The molecule has 0 aromatic heterocycles. The minimum Gasteiger partial charge on any atom is -0.449 e. The number of carbonyl (C=O) groups is 1. The number of nitrogens with zero attached hydrogens (tertiary/aromatic N) is 1. The molecule has 2 atom stereocenters. The fourth-order valence-corrected chi connectivity index (χ4v) is 5.53. The molecule has 2 fully saturated rings. The number of likely N-dealkylation sites (tertiary alicyclic amines) is 1. The zero-order valence-electron chi connectivity index (χ0n) is 17.3. The molecule has 2 aliphatic carbocycles. The summed E-state index contributed by atoms with van der Waals surface area (Å²) in [7, 11) is 0. The Bertz CT molecular complexity index is 861. The van der Waals surface area contributed by atoms with Gasteiger partial charge in [0.05, 0.1) is 6.10 Å². The number of amides is 1. The van der Waals surface area contributed by atoms with Crippen molar-refractivity contribution in [3.05, 3.63) is 59.7 Å². The van der Waals surface area contributed by atoms with Crippen molar-refractivity contribution in [1.82, 2.24) is 10.2 Å². The lowest BCUT2D eigenvalue weighted by Crippen LogP contribution is -2.50. The van der Waals surface area contributed by atoms with Crippen LogP contribution >= 0.6 is 0 Å². The number of rotatable bonds is 4. The number of alkyl carbamates (subject to hydrolysis) is 1. The first kappa shape index (κ1) is 19.6. The zero-order chi connectivity index (χ0) is 20.5. The number of aliphatic hydroxyl groups is 1. The molecular weight excluding hydrogens is 376 g/mol. The van der Waals surface area contributed by atoms with Crippen LogP contribution in [0, 0.1) is 0 Å². The predicted molar refractivity (Wildman–Crippen MR) is 116 cm³/mol. The summed E-state index contributed by atoms with van der Waals surface area (Å²) in [6.07, 6.45) is 4.44. The van der Waals surface area contributed by atoms with Gasteiger partial charge in [-0.1, -0.05) is 48.5 Å². The van der Waals surface area contributed by atoms with Gasteiger partial charge in [-0.25, -0.2) is 4.79 Å². The molecule has 2 aromatic carbocycles. The Labute approximate surface area is 178 Å². The van der Waals surface area contributed by atoms with Gasteiger partial charge in [-0.05, 0) is 54.4 Å². The second-order valence-electron chi connectivity index (χ2n) is 8.85. The van der Waals surface area contributed by atoms with Crippen LogP contribution in [0.5, 0.6) is 0 Å². The Hall–Kier alpha value is -2.37. The first-order valence-corrected chi connectivity index (χ1v) is 11.2. The van der Waals surface area contributed by atoms with Crippen LogP contribution in [0.15, 0.2) is 48.5 Å². The number of hydrogen-bond donors (Lipinski definition) is 2. The maximum Gasteiger partial charge on any atom is 0.407 e. The van der Waals surface area contributed by atoms with Crippen LogP contribution in [0.1, 0.15) is 49.1 Å². The summed E-state index contributed by atoms with van der Waals surface area (Å²) in [5, 5.41) is 13.2. The van der Waals surface area contributed by atoms with E-state index in [-0.39, 0.29) is 24.2 Å². The first-order valence-electron chi connectivity index (χ1n) is 11.2. The predicted octanol–water partition coefficient (Wildman–Crippen LogP) is 3.90. The molecule has 1 aliphatic heterocycles. The largest absolute Gasteiger partial charge is 0.449 e. The molecule has 1 saturated carbocycles. The topological polar surface area (TPSA) is 61.8 Å². The minimum atomic E-state index is -0.323. The number of nitrogens with one attached hydrogen (secondary N) is 1. The number of fused-ring (bicyclic) bond motifs is 3. The molecule has 30 heavy (non-hydrogen) atoms. The average molecular weight is 407 g/mol. The molecule has 5 nitrogen and oxygen atoms in total. The van der Waals surface area contributed by atoms with E-state index in [1.165, 1.54) is 22.3 Å². The van der Waals surface area contributed by atoms with Crippen molar-refractivity contribution < 1.29 is 14.6 Å². The molecule has 5 rings (SSSR count). The van der Waals surface area contributed by atoms with E-state index < -0.39 is 0 Å². The number of ether oxygens (including phenoxy) is 1. The van der Waals surface area contributed by atoms with Gasteiger partial charge in [-0.3, -0.25) is 4.90 Å². The number of carbonyl (C=O) groups excluding carboxylic acids is 1. The quantitative estimate of drug-likeness (QED) is 0.808. The highest BCUT2D eigenvalue weighted by atomic mass is 16.5. The van der Waals surface area contributed by atoms with Gasteiger partial charge in [0.15, 0.2) is 0 Å². The fourth-order valence-electron chi connectivity index (χ4n) is 5.53. The van der Waals surface area contributed by atoms with E-state index in [1.54, 1.807) is 0 Å². The van der Waals surface area contributed by atoms with E-state index in [4.69, 9.17) is 4.74 Å². The highest BCUT2D eigenvalue weighted by molar-refractivity contribution is 5.79. The van der Waals surface area contributed by atoms with Crippen LogP contribution in [-0.2, 0) is 4.74 Å². The lowest BCUT2D eigenvalue weighted by atomic mass is 9.98.